The maximum absolute atomic E-state index is 11.2. The fourth-order valence-electron chi connectivity index (χ4n) is 2.33. The monoisotopic (exact) mass is 224 g/mol. The second-order valence-corrected chi connectivity index (χ2v) is 5.31. The average Bonchev–Trinajstić information content (AvgIpc) is 2.60. The predicted octanol–water partition coefficient (Wildman–Crippen LogP) is 2.01. The zero-order valence-electron chi connectivity index (χ0n) is 10.2. The molecule has 0 aliphatic heterocycles. The van der Waals surface area contributed by atoms with E-state index in [1.807, 2.05) is 0 Å². The van der Waals surface area contributed by atoms with Gasteiger partial charge in [-0.05, 0) is 10.8 Å². The van der Waals surface area contributed by atoms with Crippen molar-refractivity contribution in [2.24, 2.45) is 10.8 Å². The highest BCUT2D eigenvalue weighted by molar-refractivity contribution is 5.83. The molecular formula is C11H16N2O3. The number of carbonyl (C=O) groups excluding carboxylic acids is 1. The number of esters is 1. The van der Waals surface area contributed by atoms with E-state index in [1.165, 1.54) is 7.11 Å². The van der Waals surface area contributed by atoms with E-state index in [-0.39, 0.29) is 22.6 Å². The van der Waals surface area contributed by atoms with Crippen LogP contribution < -0.4 is 0 Å². The van der Waals surface area contributed by atoms with Gasteiger partial charge >= 0.3 is 11.9 Å². The summed E-state index contributed by atoms with van der Waals surface area (Å²) in [5, 5.41) is 7.61. The average molecular weight is 224 g/mol. The Morgan fingerprint density at radius 1 is 1.25 bits per heavy atom. The quantitative estimate of drug-likeness (QED) is 0.719. The number of ether oxygens (including phenoxy) is 1. The Morgan fingerprint density at radius 3 is 2.25 bits per heavy atom. The highest BCUT2D eigenvalue weighted by Crippen LogP contribution is 2.73. The molecule has 0 atom stereocenters. The first kappa shape index (κ1) is 11.1. The number of carbonyl (C=O) groups is 1. The van der Waals surface area contributed by atoms with E-state index in [4.69, 9.17) is 4.42 Å². The third kappa shape index (κ3) is 1.27. The van der Waals surface area contributed by atoms with Gasteiger partial charge in [0.25, 0.3) is 0 Å². The van der Waals surface area contributed by atoms with Gasteiger partial charge in [-0.15, -0.1) is 10.2 Å². The van der Waals surface area contributed by atoms with Crippen LogP contribution in [0.25, 0.3) is 0 Å². The van der Waals surface area contributed by atoms with Crippen molar-refractivity contribution < 1.29 is 13.9 Å². The van der Waals surface area contributed by atoms with Crippen molar-refractivity contribution in [3.8, 4) is 0 Å². The molecule has 0 radical (unpaired) electrons. The van der Waals surface area contributed by atoms with Gasteiger partial charge in [-0.25, -0.2) is 4.79 Å². The minimum atomic E-state index is -0.588. The molecular weight excluding hydrogens is 208 g/mol. The summed E-state index contributed by atoms with van der Waals surface area (Å²) in [6, 6.07) is 0. The molecule has 2 rings (SSSR count). The van der Waals surface area contributed by atoms with Crippen LogP contribution in [-0.2, 0) is 4.74 Å². The molecule has 1 heterocycles. The van der Waals surface area contributed by atoms with Gasteiger partial charge in [-0.1, -0.05) is 27.7 Å². The summed E-state index contributed by atoms with van der Waals surface area (Å²) in [6.45, 7) is 8.61. The van der Waals surface area contributed by atoms with Crippen LogP contribution in [0.2, 0.25) is 0 Å². The lowest BCUT2D eigenvalue weighted by molar-refractivity contribution is 0.0553. The molecule has 0 bridgehead atoms. The fraction of sp³-hybridized carbons (Fsp3) is 0.727. The summed E-state index contributed by atoms with van der Waals surface area (Å²) in [4.78, 5) is 11.2. The standard InChI is InChI=1S/C11H16N2O3/c1-10(2)6(11(10,3)4)7-12-13-8(16-7)9(14)15-5/h6H,1-5H3. The Kier molecular flexibility index (Phi) is 2.12. The maximum atomic E-state index is 11.2. The molecule has 0 unspecified atom stereocenters. The van der Waals surface area contributed by atoms with Crippen LogP contribution in [0.3, 0.4) is 0 Å². The molecule has 1 fully saturated rings. The number of hydrogen-bond acceptors (Lipinski definition) is 5. The minimum Gasteiger partial charge on any atom is -0.462 e. The van der Waals surface area contributed by atoms with E-state index >= 15 is 0 Å². The Balaban J connectivity index is 2.25. The lowest BCUT2D eigenvalue weighted by atomic mass is 10.0. The number of methoxy groups -OCH3 is 1. The molecule has 5 heteroatoms. The van der Waals surface area contributed by atoms with Crippen LogP contribution in [0.5, 0.6) is 0 Å². The number of rotatable bonds is 2. The smallest absolute Gasteiger partial charge is 0.396 e. The predicted molar refractivity (Wildman–Crippen MR) is 55.9 cm³/mol. The van der Waals surface area contributed by atoms with Gasteiger partial charge in [0.2, 0.25) is 5.89 Å². The molecule has 1 aromatic heterocycles. The largest absolute Gasteiger partial charge is 0.462 e. The molecule has 16 heavy (non-hydrogen) atoms. The SMILES string of the molecule is COC(=O)c1nnc(C2C(C)(C)C2(C)C)o1. The van der Waals surface area contributed by atoms with Crippen LogP contribution in [-0.4, -0.2) is 23.3 Å². The van der Waals surface area contributed by atoms with Gasteiger partial charge in [0.15, 0.2) is 0 Å². The summed E-state index contributed by atoms with van der Waals surface area (Å²) in [7, 11) is 1.29. The number of aromatic nitrogens is 2. The van der Waals surface area contributed by atoms with Crippen LogP contribution in [0, 0.1) is 10.8 Å². The third-order valence-corrected chi connectivity index (χ3v) is 4.07. The molecule has 0 spiro atoms. The Labute approximate surface area is 94.2 Å². The first-order valence-corrected chi connectivity index (χ1v) is 5.24. The van der Waals surface area contributed by atoms with Gasteiger partial charge in [-0.2, -0.15) is 0 Å². The van der Waals surface area contributed by atoms with Crippen LogP contribution >= 0.6 is 0 Å². The van der Waals surface area contributed by atoms with Gasteiger partial charge < -0.3 is 9.15 Å². The first-order valence-electron chi connectivity index (χ1n) is 5.24. The van der Waals surface area contributed by atoms with Crippen molar-refractivity contribution in [1.29, 1.82) is 0 Å². The lowest BCUT2D eigenvalue weighted by Gasteiger charge is -2.03. The molecule has 0 saturated heterocycles. The van der Waals surface area contributed by atoms with Crippen molar-refractivity contribution in [3.63, 3.8) is 0 Å². The lowest BCUT2D eigenvalue weighted by Crippen LogP contribution is -2.00. The van der Waals surface area contributed by atoms with Crippen LogP contribution in [0.15, 0.2) is 4.42 Å². The Bertz CT molecular complexity index is 420. The van der Waals surface area contributed by atoms with E-state index in [0.717, 1.165) is 0 Å². The summed E-state index contributed by atoms with van der Waals surface area (Å²) < 4.78 is 9.85. The molecule has 88 valence electrons. The van der Waals surface area contributed by atoms with E-state index in [2.05, 4.69) is 42.6 Å². The maximum Gasteiger partial charge on any atom is 0.396 e. The summed E-state index contributed by atoms with van der Waals surface area (Å²) in [5.41, 5.74) is 0.236. The highest BCUT2D eigenvalue weighted by atomic mass is 16.5. The molecule has 1 aliphatic carbocycles. The van der Waals surface area contributed by atoms with Crippen molar-refractivity contribution >= 4 is 5.97 Å². The number of nitrogens with zero attached hydrogens (tertiary/aromatic N) is 2. The van der Waals surface area contributed by atoms with Gasteiger partial charge in [-0.3, -0.25) is 0 Å². The second kappa shape index (κ2) is 3.06. The molecule has 1 aliphatic rings. The zero-order valence-corrected chi connectivity index (χ0v) is 10.2. The van der Waals surface area contributed by atoms with E-state index in [9.17, 15) is 4.79 Å². The van der Waals surface area contributed by atoms with E-state index in [0.29, 0.717) is 5.89 Å². The Hall–Kier alpha value is -1.39. The van der Waals surface area contributed by atoms with Crippen molar-refractivity contribution in [1.82, 2.24) is 10.2 Å². The molecule has 0 N–H and O–H groups in total. The van der Waals surface area contributed by atoms with E-state index in [1.54, 1.807) is 0 Å². The Morgan fingerprint density at radius 2 is 1.81 bits per heavy atom. The summed E-state index contributed by atoms with van der Waals surface area (Å²) >= 11 is 0. The van der Waals surface area contributed by atoms with Crippen molar-refractivity contribution in [3.05, 3.63) is 11.8 Å². The van der Waals surface area contributed by atoms with Crippen LogP contribution in [0.4, 0.5) is 0 Å². The molecule has 1 saturated carbocycles. The summed E-state index contributed by atoms with van der Waals surface area (Å²) in [6.07, 6.45) is 0. The first-order chi connectivity index (χ1) is 7.32. The normalized spacial score (nSPS) is 21.8. The minimum absolute atomic E-state index is 0.0731. The van der Waals surface area contributed by atoms with Crippen LogP contribution in [0.1, 0.15) is 50.2 Å². The van der Waals surface area contributed by atoms with Crippen molar-refractivity contribution in [2.75, 3.05) is 7.11 Å². The van der Waals surface area contributed by atoms with Crippen molar-refractivity contribution in [2.45, 2.75) is 33.6 Å². The molecule has 5 nitrogen and oxygen atoms in total. The molecule has 1 aromatic rings. The van der Waals surface area contributed by atoms with Gasteiger partial charge in [0.1, 0.15) is 0 Å². The fourth-order valence-corrected chi connectivity index (χ4v) is 2.33. The van der Waals surface area contributed by atoms with Gasteiger partial charge in [0.05, 0.1) is 7.11 Å². The zero-order chi connectivity index (χ0) is 12.1. The molecule has 0 aromatic carbocycles. The highest BCUT2D eigenvalue weighted by Gasteiger charge is 2.67. The summed E-state index contributed by atoms with van der Waals surface area (Å²) in [5.74, 6) is 0.0623. The molecule has 0 amide bonds. The van der Waals surface area contributed by atoms with E-state index < -0.39 is 5.97 Å². The second-order valence-electron chi connectivity index (χ2n) is 5.31. The van der Waals surface area contributed by atoms with Gasteiger partial charge in [0, 0.05) is 5.92 Å². The third-order valence-electron chi connectivity index (χ3n) is 4.07. The topological polar surface area (TPSA) is 65.2 Å². The number of hydrogen-bond donors (Lipinski definition) is 0.